The van der Waals surface area contributed by atoms with Crippen molar-refractivity contribution in [2.24, 2.45) is 0 Å². The third-order valence-corrected chi connectivity index (χ3v) is 5.48. The second-order valence-corrected chi connectivity index (χ2v) is 7.58. The van der Waals surface area contributed by atoms with E-state index < -0.39 is 17.7 Å². The van der Waals surface area contributed by atoms with Crippen LogP contribution < -0.4 is 10.1 Å². The number of nitrogens with zero attached hydrogens (tertiary/aromatic N) is 1. The van der Waals surface area contributed by atoms with Gasteiger partial charge in [0.2, 0.25) is 5.91 Å². The number of hydrogen-bond acceptors (Lipinski definition) is 4. The number of anilines is 1. The van der Waals surface area contributed by atoms with E-state index in [2.05, 4.69) is 9.69 Å². The first kappa shape index (κ1) is 19.7. The Kier molecular flexibility index (Phi) is 5.23. The molecule has 1 amide bonds. The van der Waals surface area contributed by atoms with Crippen molar-refractivity contribution in [1.29, 1.82) is 0 Å². The quantitative estimate of drug-likeness (QED) is 0.546. The van der Waals surface area contributed by atoms with E-state index in [0.29, 0.717) is 40.7 Å². The first-order valence-corrected chi connectivity index (χ1v) is 9.89. The van der Waals surface area contributed by atoms with Gasteiger partial charge in [0.25, 0.3) is 0 Å². The molecule has 1 aromatic heterocycles. The highest BCUT2D eigenvalue weighted by Crippen LogP contribution is 2.38. The van der Waals surface area contributed by atoms with Gasteiger partial charge in [0.1, 0.15) is 11.4 Å². The topological polar surface area (TPSA) is 51.2 Å². The molecule has 4 nitrogen and oxygen atoms in total. The van der Waals surface area contributed by atoms with Crippen LogP contribution in [0.3, 0.4) is 0 Å². The van der Waals surface area contributed by atoms with Crippen molar-refractivity contribution in [3.63, 3.8) is 0 Å². The molecule has 0 fully saturated rings. The van der Waals surface area contributed by atoms with E-state index in [-0.39, 0.29) is 11.5 Å². The molecule has 9 heteroatoms. The zero-order valence-corrected chi connectivity index (χ0v) is 16.4. The molecule has 1 unspecified atom stereocenters. The molecule has 1 N–H and O–H groups in total. The number of ether oxygens (including phenoxy) is 1. The van der Waals surface area contributed by atoms with Gasteiger partial charge in [-0.15, -0.1) is 0 Å². The molecule has 29 heavy (non-hydrogen) atoms. The number of amides is 1. The Morgan fingerprint density at radius 3 is 2.86 bits per heavy atom. The largest absolute Gasteiger partial charge is 0.493 e. The number of carbonyl (C=O) groups is 1. The summed E-state index contributed by atoms with van der Waals surface area (Å²) in [4.78, 5) is 12.9. The molecule has 1 aliphatic heterocycles. The van der Waals surface area contributed by atoms with E-state index in [1.165, 1.54) is 12.1 Å². The van der Waals surface area contributed by atoms with Crippen molar-refractivity contribution in [2.75, 3.05) is 11.9 Å². The molecular weight excluding hydrogens is 425 g/mol. The Balaban J connectivity index is 1.61. The van der Waals surface area contributed by atoms with Crippen molar-refractivity contribution >= 4 is 34.7 Å². The molecule has 150 valence electrons. The van der Waals surface area contributed by atoms with Gasteiger partial charge in [-0.25, -0.2) is 0 Å². The smallest absolute Gasteiger partial charge is 0.416 e. The zero-order valence-electron chi connectivity index (χ0n) is 14.8. The predicted octanol–water partition coefficient (Wildman–Crippen LogP) is 5.99. The van der Waals surface area contributed by atoms with Gasteiger partial charge in [-0.05, 0) is 48.3 Å². The monoisotopic (exact) mass is 438 g/mol. The summed E-state index contributed by atoms with van der Waals surface area (Å²) in [7, 11) is 0. The second-order valence-electron chi connectivity index (χ2n) is 6.52. The first-order valence-electron chi connectivity index (χ1n) is 8.68. The molecule has 4 rings (SSSR count). The third kappa shape index (κ3) is 4.09. The number of aromatic nitrogens is 1. The average Bonchev–Trinajstić information content (AvgIpc) is 3.15. The number of hydrogen-bond donors (Lipinski definition) is 1. The SMILES string of the molecule is O=C(Nc1csnc1-c1cccc(C(F)(F)F)c1)C1CCOc2ccc(Cl)cc21. The van der Waals surface area contributed by atoms with E-state index >= 15 is 0 Å². The molecule has 0 bridgehead atoms. The van der Waals surface area contributed by atoms with Crippen LogP contribution in [0.5, 0.6) is 5.75 Å². The fourth-order valence-corrected chi connectivity index (χ4v) is 4.05. The molecule has 2 aromatic carbocycles. The highest BCUT2D eigenvalue weighted by molar-refractivity contribution is 7.04. The number of carbonyl (C=O) groups excluding carboxylic acids is 1. The van der Waals surface area contributed by atoms with E-state index in [0.717, 1.165) is 23.7 Å². The minimum Gasteiger partial charge on any atom is -0.493 e. The lowest BCUT2D eigenvalue weighted by Crippen LogP contribution is -2.26. The van der Waals surface area contributed by atoms with Gasteiger partial charge in [-0.1, -0.05) is 23.7 Å². The molecule has 0 saturated heterocycles. The Labute approximate surface area is 173 Å². The second kappa shape index (κ2) is 7.68. The number of benzene rings is 2. The van der Waals surface area contributed by atoms with Gasteiger partial charge in [-0.3, -0.25) is 4.79 Å². The maximum Gasteiger partial charge on any atom is 0.416 e. The van der Waals surface area contributed by atoms with Crippen LogP contribution >= 0.6 is 23.1 Å². The molecule has 3 aromatic rings. The Morgan fingerprint density at radius 2 is 2.07 bits per heavy atom. The van der Waals surface area contributed by atoms with Crippen molar-refractivity contribution in [3.05, 3.63) is 64.0 Å². The maximum absolute atomic E-state index is 13.0. The van der Waals surface area contributed by atoms with Crippen LogP contribution in [-0.2, 0) is 11.0 Å². The van der Waals surface area contributed by atoms with Gasteiger partial charge >= 0.3 is 6.18 Å². The minimum atomic E-state index is -4.46. The van der Waals surface area contributed by atoms with Crippen molar-refractivity contribution in [2.45, 2.75) is 18.5 Å². The molecule has 0 saturated carbocycles. The first-order chi connectivity index (χ1) is 13.8. The van der Waals surface area contributed by atoms with Gasteiger partial charge in [-0.2, -0.15) is 17.5 Å². The molecular formula is C20H14ClF3N2O2S. The van der Waals surface area contributed by atoms with Crippen molar-refractivity contribution < 1.29 is 22.7 Å². The average molecular weight is 439 g/mol. The summed E-state index contributed by atoms with van der Waals surface area (Å²) >= 11 is 7.12. The molecule has 2 heterocycles. The van der Waals surface area contributed by atoms with E-state index in [1.807, 2.05) is 0 Å². The van der Waals surface area contributed by atoms with Crippen LogP contribution in [0.2, 0.25) is 5.02 Å². The lowest BCUT2D eigenvalue weighted by molar-refractivity contribution is -0.137. The molecule has 0 radical (unpaired) electrons. The predicted molar refractivity (Wildman–Crippen MR) is 105 cm³/mol. The van der Waals surface area contributed by atoms with Crippen molar-refractivity contribution in [3.8, 4) is 17.0 Å². The summed E-state index contributed by atoms with van der Waals surface area (Å²) in [6.07, 6.45) is -3.99. The summed E-state index contributed by atoms with van der Waals surface area (Å²) in [5, 5.41) is 4.90. The standard InChI is InChI=1S/C20H14ClF3N2O2S/c21-13-4-5-17-15(9-13)14(6-7-28-17)19(27)25-16-10-29-26-18(16)11-2-1-3-12(8-11)20(22,23)24/h1-5,8-10,14H,6-7H2,(H,25,27). The van der Waals surface area contributed by atoms with Crippen LogP contribution in [0.1, 0.15) is 23.5 Å². The summed E-state index contributed by atoms with van der Waals surface area (Å²) in [6.45, 7) is 0.384. The number of halogens is 4. The fourth-order valence-electron chi connectivity index (χ4n) is 3.23. The van der Waals surface area contributed by atoms with Gasteiger partial charge in [0.05, 0.1) is 23.8 Å². The Bertz CT molecular complexity index is 1070. The van der Waals surface area contributed by atoms with Crippen molar-refractivity contribution in [1.82, 2.24) is 4.37 Å². The van der Waals surface area contributed by atoms with E-state index in [9.17, 15) is 18.0 Å². The minimum absolute atomic E-state index is 0.284. The van der Waals surface area contributed by atoms with Crippen LogP contribution in [0.4, 0.5) is 18.9 Å². The molecule has 0 aliphatic carbocycles. The highest BCUT2D eigenvalue weighted by Gasteiger charge is 2.31. The van der Waals surface area contributed by atoms with Gasteiger partial charge in [0.15, 0.2) is 0 Å². The van der Waals surface area contributed by atoms with Crippen LogP contribution in [-0.4, -0.2) is 16.9 Å². The summed E-state index contributed by atoms with van der Waals surface area (Å²) in [6, 6.07) is 9.97. The number of alkyl halides is 3. The normalized spacial score (nSPS) is 16.1. The Hall–Kier alpha value is -2.58. The zero-order chi connectivity index (χ0) is 20.6. The molecule has 1 aliphatic rings. The highest BCUT2D eigenvalue weighted by atomic mass is 35.5. The van der Waals surface area contributed by atoms with E-state index in [4.69, 9.17) is 16.3 Å². The summed E-state index contributed by atoms with van der Waals surface area (Å²) in [5.41, 5.74) is 0.868. The van der Waals surface area contributed by atoms with E-state index in [1.54, 1.807) is 23.6 Å². The Morgan fingerprint density at radius 1 is 1.24 bits per heavy atom. The maximum atomic E-state index is 13.0. The van der Waals surface area contributed by atoms with Gasteiger partial charge < -0.3 is 10.1 Å². The fraction of sp³-hybridized carbons (Fsp3) is 0.200. The third-order valence-electron chi connectivity index (χ3n) is 4.62. The number of nitrogens with one attached hydrogen (secondary N) is 1. The summed E-state index contributed by atoms with van der Waals surface area (Å²) < 4.78 is 48.8. The summed E-state index contributed by atoms with van der Waals surface area (Å²) in [5.74, 6) is -0.167. The number of rotatable bonds is 3. The van der Waals surface area contributed by atoms with Gasteiger partial charge in [0, 0.05) is 21.5 Å². The molecule has 0 spiro atoms. The van der Waals surface area contributed by atoms with Crippen LogP contribution in [0.15, 0.2) is 47.8 Å². The lowest BCUT2D eigenvalue weighted by Gasteiger charge is -2.25. The van der Waals surface area contributed by atoms with Crippen LogP contribution in [0, 0.1) is 0 Å². The lowest BCUT2D eigenvalue weighted by atomic mass is 9.92. The number of fused-ring (bicyclic) bond motifs is 1. The molecule has 1 atom stereocenters. The van der Waals surface area contributed by atoms with Crippen LogP contribution in [0.25, 0.3) is 11.3 Å².